The van der Waals surface area contributed by atoms with Gasteiger partial charge in [0.05, 0.1) is 10.9 Å². The largest absolute Gasteiger partial charge is 0.418 e. The second kappa shape index (κ2) is 6.71. The van der Waals surface area contributed by atoms with Gasteiger partial charge in [-0.15, -0.1) is 21.5 Å². The quantitative estimate of drug-likeness (QED) is 0.858. The van der Waals surface area contributed by atoms with Crippen molar-refractivity contribution in [1.29, 1.82) is 0 Å². The van der Waals surface area contributed by atoms with Gasteiger partial charge >= 0.3 is 0 Å². The van der Waals surface area contributed by atoms with Gasteiger partial charge < -0.3 is 4.42 Å². The van der Waals surface area contributed by atoms with E-state index in [0.717, 1.165) is 29.9 Å². The number of rotatable bonds is 4. The predicted molar refractivity (Wildman–Crippen MR) is 91.4 cm³/mol. The highest BCUT2D eigenvalue weighted by molar-refractivity contribution is 7.13. The zero-order valence-corrected chi connectivity index (χ0v) is 14.5. The van der Waals surface area contributed by atoms with Crippen LogP contribution in [0.2, 0.25) is 0 Å². The Bertz CT molecular complexity index is 612. The third kappa shape index (κ3) is 3.20. The van der Waals surface area contributed by atoms with E-state index in [1.165, 1.54) is 38.8 Å². The third-order valence-electron chi connectivity index (χ3n) is 5.27. The summed E-state index contributed by atoms with van der Waals surface area (Å²) in [5, 5.41) is 10.5. The molecule has 2 fully saturated rings. The first-order chi connectivity index (χ1) is 11.3. The van der Waals surface area contributed by atoms with Gasteiger partial charge in [-0.2, -0.15) is 0 Å². The molecule has 2 aromatic rings. The lowest BCUT2D eigenvalue weighted by Gasteiger charge is -2.39. The molecule has 1 aliphatic heterocycles. The molecule has 5 nitrogen and oxygen atoms in total. The summed E-state index contributed by atoms with van der Waals surface area (Å²) in [5.41, 5.74) is 0. The smallest absolute Gasteiger partial charge is 0.257 e. The zero-order valence-electron chi connectivity index (χ0n) is 13.6. The molecule has 1 aliphatic carbocycles. The van der Waals surface area contributed by atoms with E-state index in [2.05, 4.69) is 26.9 Å². The van der Waals surface area contributed by atoms with Crippen LogP contribution >= 0.6 is 11.3 Å². The van der Waals surface area contributed by atoms with Crippen molar-refractivity contribution in [1.82, 2.24) is 20.0 Å². The Morgan fingerprint density at radius 3 is 2.65 bits per heavy atom. The van der Waals surface area contributed by atoms with Gasteiger partial charge in [0.15, 0.2) is 0 Å². The zero-order chi connectivity index (χ0) is 15.6. The summed E-state index contributed by atoms with van der Waals surface area (Å²) in [6.07, 6.45) is 5.61. The minimum Gasteiger partial charge on any atom is -0.418 e. The molecule has 0 bridgehead atoms. The van der Waals surface area contributed by atoms with E-state index in [0.29, 0.717) is 5.89 Å². The molecular formula is C17H24N4OS. The fourth-order valence-corrected chi connectivity index (χ4v) is 4.46. The van der Waals surface area contributed by atoms with Gasteiger partial charge in [0.1, 0.15) is 0 Å². The van der Waals surface area contributed by atoms with Crippen LogP contribution in [0.25, 0.3) is 10.8 Å². The molecule has 0 spiro atoms. The fraction of sp³-hybridized carbons (Fsp3) is 0.647. The van der Waals surface area contributed by atoms with E-state index >= 15 is 0 Å². The standard InChI is InChI=1S/C17H24N4OS/c1-13(16-18-19-17(22-16)15-7-4-12-23-15)20-8-10-21(11-9-20)14-5-2-3-6-14/h4,7,12-14H,2-3,5-6,8-11H2,1H3. The van der Waals surface area contributed by atoms with Crippen LogP contribution in [0.5, 0.6) is 0 Å². The highest BCUT2D eigenvalue weighted by atomic mass is 32.1. The van der Waals surface area contributed by atoms with Crippen LogP contribution in [0.15, 0.2) is 21.9 Å². The Hall–Kier alpha value is -1.24. The lowest BCUT2D eigenvalue weighted by atomic mass is 10.1. The summed E-state index contributed by atoms with van der Waals surface area (Å²) in [7, 11) is 0. The maximum absolute atomic E-state index is 5.90. The van der Waals surface area contributed by atoms with Crippen LogP contribution in [0.1, 0.15) is 44.5 Å². The predicted octanol–water partition coefficient (Wildman–Crippen LogP) is 3.42. The summed E-state index contributed by atoms with van der Waals surface area (Å²) >= 11 is 1.63. The van der Waals surface area contributed by atoms with Gasteiger partial charge in [0.25, 0.3) is 5.89 Å². The maximum atomic E-state index is 5.90. The van der Waals surface area contributed by atoms with Crippen molar-refractivity contribution < 1.29 is 4.42 Å². The highest BCUT2D eigenvalue weighted by Crippen LogP contribution is 2.29. The Balaban J connectivity index is 1.37. The average Bonchev–Trinajstić information content (AvgIpc) is 3.36. The van der Waals surface area contributed by atoms with Gasteiger partial charge in [-0.1, -0.05) is 18.9 Å². The van der Waals surface area contributed by atoms with E-state index in [1.54, 1.807) is 11.3 Å². The van der Waals surface area contributed by atoms with Crippen LogP contribution < -0.4 is 0 Å². The minimum atomic E-state index is 0.196. The second-order valence-electron chi connectivity index (χ2n) is 6.61. The molecule has 0 aromatic carbocycles. The molecule has 6 heteroatoms. The first-order valence-corrected chi connectivity index (χ1v) is 9.54. The van der Waals surface area contributed by atoms with Gasteiger partial charge in [0, 0.05) is 32.2 Å². The Labute approximate surface area is 141 Å². The molecule has 1 saturated carbocycles. The van der Waals surface area contributed by atoms with E-state index in [1.807, 2.05) is 17.5 Å². The lowest BCUT2D eigenvalue weighted by molar-refractivity contribution is 0.0673. The van der Waals surface area contributed by atoms with E-state index < -0.39 is 0 Å². The molecule has 1 atom stereocenters. The molecule has 0 amide bonds. The normalized spacial score (nSPS) is 22.7. The Kier molecular flexibility index (Phi) is 4.46. The average molecular weight is 332 g/mol. The third-order valence-corrected chi connectivity index (χ3v) is 6.13. The van der Waals surface area contributed by atoms with Crippen LogP contribution in [0.4, 0.5) is 0 Å². The van der Waals surface area contributed by atoms with Crippen molar-refractivity contribution in [3.63, 3.8) is 0 Å². The summed E-state index contributed by atoms with van der Waals surface area (Å²) in [5.74, 6) is 1.38. The van der Waals surface area contributed by atoms with E-state index in [9.17, 15) is 0 Å². The molecule has 2 aromatic heterocycles. The van der Waals surface area contributed by atoms with Crippen molar-refractivity contribution in [2.45, 2.75) is 44.7 Å². The van der Waals surface area contributed by atoms with Crippen LogP contribution in [-0.2, 0) is 0 Å². The SMILES string of the molecule is CC(c1nnc(-c2cccs2)o1)N1CCN(C2CCCC2)CC1. The summed E-state index contributed by atoms with van der Waals surface area (Å²) in [6, 6.07) is 5.06. The summed E-state index contributed by atoms with van der Waals surface area (Å²) in [6.45, 7) is 6.70. The van der Waals surface area contributed by atoms with Gasteiger partial charge in [-0.3, -0.25) is 9.80 Å². The highest BCUT2D eigenvalue weighted by Gasteiger charge is 2.29. The van der Waals surface area contributed by atoms with E-state index in [-0.39, 0.29) is 6.04 Å². The van der Waals surface area contributed by atoms with Crippen LogP contribution in [-0.4, -0.2) is 52.2 Å². The Morgan fingerprint density at radius 2 is 1.96 bits per heavy atom. The number of piperazine rings is 1. The van der Waals surface area contributed by atoms with Gasteiger partial charge in [0.2, 0.25) is 5.89 Å². The molecule has 23 heavy (non-hydrogen) atoms. The molecular weight excluding hydrogens is 308 g/mol. The molecule has 2 aliphatic rings. The van der Waals surface area contributed by atoms with E-state index in [4.69, 9.17) is 4.42 Å². The first-order valence-electron chi connectivity index (χ1n) is 8.66. The van der Waals surface area contributed by atoms with Crippen LogP contribution in [0, 0.1) is 0 Å². The first kappa shape index (κ1) is 15.3. The minimum absolute atomic E-state index is 0.196. The maximum Gasteiger partial charge on any atom is 0.257 e. The van der Waals surface area contributed by atoms with Gasteiger partial charge in [-0.05, 0) is 31.2 Å². The number of aromatic nitrogens is 2. The molecule has 4 rings (SSSR count). The monoisotopic (exact) mass is 332 g/mol. The molecule has 0 N–H and O–H groups in total. The lowest BCUT2D eigenvalue weighted by Crippen LogP contribution is -2.50. The number of thiophene rings is 1. The topological polar surface area (TPSA) is 45.4 Å². The summed E-state index contributed by atoms with van der Waals surface area (Å²) < 4.78 is 5.90. The number of nitrogens with zero attached hydrogens (tertiary/aromatic N) is 4. The molecule has 1 unspecified atom stereocenters. The molecule has 0 radical (unpaired) electrons. The molecule has 1 saturated heterocycles. The van der Waals surface area contributed by atoms with Crippen LogP contribution in [0.3, 0.4) is 0 Å². The second-order valence-corrected chi connectivity index (χ2v) is 7.56. The number of hydrogen-bond acceptors (Lipinski definition) is 6. The van der Waals surface area contributed by atoms with Crippen molar-refractivity contribution >= 4 is 11.3 Å². The van der Waals surface area contributed by atoms with Crippen molar-refractivity contribution in [3.8, 4) is 10.8 Å². The van der Waals surface area contributed by atoms with Crippen molar-refractivity contribution in [2.75, 3.05) is 26.2 Å². The number of hydrogen-bond donors (Lipinski definition) is 0. The molecule has 124 valence electrons. The summed E-state index contributed by atoms with van der Waals surface area (Å²) in [4.78, 5) is 6.19. The molecule has 3 heterocycles. The van der Waals surface area contributed by atoms with Crippen molar-refractivity contribution in [3.05, 3.63) is 23.4 Å². The van der Waals surface area contributed by atoms with Crippen molar-refractivity contribution in [2.24, 2.45) is 0 Å². The Morgan fingerprint density at radius 1 is 1.17 bits per heavy atom. The van der Waals surface area contributed by atoms with Gasteiger partial charge in [-0.25, -0.2) is 0 Å². The fourth-order valence-electron chi connectivity index (χ4n) is 3.82.